The van der Waals surface area contributed by atoms with Gasteiger partial charge in [-0.15, -0.1) is 11.3 Å². The molecule has 27 heavy (non-hydrogen) atoms. The maximum absolute atomic E-state index is 12.4. The number of hydrogen-bond acceptors (Lipinski definition) is 7. The molecule has 1 aromatic heterocycles. The molecule has 9 heteroatoms. The SMILES string of the molecule is COC(=O)c1ccsc1NC(=O)C(=O)N(C)Cc1ccc(OC)cc1OC. The molecule has 2 amide bonds. The summed E-state index contributed by atoms with van der Waals surface area (Å²) in [5.41, 5.74) is 0.913. The monoisotopic (exact) mass is 392 g/mol. The fraction of sp³-hybridized carbons (Fsp3) is 0.278. The van der Waals surface area contributed by atoms with Gasteiger partial charge in [-0.1, -0.05) is 0 Å². The Bertz CT molecular complexity index is 848. The van der Waals surface area contributed by atoms with Crippen LogP contribution in [0.15, 0.2) is 29.6 Å². The third kappa shape index (κ3) is 4.76. The highest BCUT2D eigenvalue weighted by Gasteiger charge is 2.23. The minimum absolute atomic E-state index is 0.160. The number of thiophene rings is 1. The first-order valence-corrected chi connectivity index (χ1v) is 8.72. The molecule has 0 aliphatic rings. The van der Waals surface area contributed by atoms with Crippen LogP contribution in [0.1, 0.15) is 15.9 Å². The molecular formula is C18H20N2O6S. The molecule has 0 saturated carbocycles. The van der Waals surface area contributed by atoms with Crippen LogP contribution in [0.25, 0.3) is 0 Å². The molecular weight excluding hydrogens is 372 g/mol. The lowest BCUT2D eigenvalue weighted by atomic mass is 10.1. The van der Waals surface area contributed by atoms with E-state index in [4.69, 9.17) is 9.47 Å². The first kappa shape index (κ1) is 20.2. The summed E-state index contributed by atoms with van der Waals surface area (Å²) < 4.78 is 15.1. The van der Waals surface area contributed by atoms with Gasteiger partial charge in [-0.3, -0.25) is 9.59 Å². The lowest BCUT2D eigenvalue weighted by molar-refractivity contribution is -0.142. The lowest BCUT2D eigenvalue weighted by Gasteiger charge is -2.18. The van der Waals surface area contributed by atoms with Crippen molar-refractivity contribution < 1.29 is 28.6 Å². The van der Waals surface area contributed by atoms with Crippen molar-refractivity contribution in [3.8, 4) is 11.5 Å². The van der Waals surface area contributed by atoms with Crippen LogP contribution in [0.5, 0.6) is 11.5 Å². The van der Waals surface area contributed by atoms with Gasteiger partial charge in [-0.2, -0.15) is 0 Å². The van der Waals surface area contributed by atoms with Gasteiger partial charge in [0.25, 0.3) is 0 Å². The Balaban J connectivity index is 2.08. The molecule has 0 bridgehead atoms. The second-order valence-corrected chi connectivity index (χ2v) is 6.36. The first-order valence-electron chi connectivity index (χ1n) is 7.84. The van der Waals surface area contributed by atoms with Crippen LogP contribution in [-0.2, 0) is 20.9 Å². The van der Waals surface area contributed by atoms with Crippen molar-refractivity contribution in [1.82, 2.24) is 4.90 Å². The molecule has 0 radical (unpaired) electrons. The average Bonchev–Trinajstić information content (AvgIpc) is 3.14. The van der Waals surface area contributed by atoms with Crippen molar-refractivity contribution in [1.29, 1.82) is 0 Å². The van der Waals surface area contributed by atoms with Crippen LogP contribution < -0.4 is 14.8 Å². The Hall–Kier alpha value is -3.07. The predicted molar refractivity (Wildman–Crippen MR) is 100 cm³/mol. The highest BCUT2D eigenvalue weighted by atomic mass is 32.1. The molecule has 0 aliphatic carbocycles. The van der Waals surface area contributed by atoms with Crippen molar-refractivity contribution >= 4 is 34.1 Å². The summed E-state index contributed by atoms with van der Waals surface area (Å²) in [6.07, 6.45) is 0. The van der Waals surface area contributed by atoms with Crippen LogP contribution in [0.2, 0.25) is 0 Å². The van der Waals surface area contributed by atoms with E-state index in [0.29, 0.717) is 17.1 Å². The van der Waals surface area contributed by atoms with Crippen molar-refractivity contribution in [2.45, 2.75) is 6.54 Å². The van der Waals surface area contributed by atoms with E-state index in [1.54, 1.807) is 30.7 Å². The van der Waals surface area contributed by atoms with Gasteiger partial charge in [0, 0.05) is 25.2 Å². The number of anilines is 1. The maximum Gasteiger partial charge on any atom is 0.340 e. The van der Waals surface area contributed by atoms with Gasteiger partial charge in [-0.05, 0) is 23.6 Å². The van der Waals surface area contributed by atoms with Gasteiger partial charge in [-0.25, -0.2) is 4.79 Å². The van der Waals surface area contributed by atoms with Crippen molar-refractivity contribution in [3.63, 3.8) is 0 Å². The van der Waals surface area contributed by atoms with Crippen LogP contribution in [0, 0.1) is 0 Å². The summed E-state index contributed by atoms with van der Waals surface area (Å²) in [5, 5.41) is 4.34. The molecule has 1 N–H and O–H groups in total. The average molecular weight is 392 g/mol. The van der Waals surface area contributed by atoms with Gasteiger partial charge in [0.1, 0.15) is 16.5 Å². The van der Waals surface area contributed by atoms with E-state index < -0.39 is 17.8 Å². The number of carbonyl (C=O) groups excluding carboxylic acids is 3. The largest absolute Gasteiger partial charge is 0.497 e. The zero-order chi connectivity index (χ0) is 20.0. The van der Waals surface area contributed by atoms with E-state index in [0.717, 1.165) is 11.3 Å². The normalized spacial score (nSPS) is 10.1. The zero-order valence-corrected chi connectivity index (χ0v) is 16.2. The van der Waals surface area contributed by atoms with Gasteiger partial charge in [0.05, 0.1) is 26.9 Å². The number of methoxy groups -OCH3 is 3. The number of nitrogens with one attached hydrogen (secondary N) is 1. The molecule has 144 valence electrons. The Labute approximate surface area is 160 Å². The third-order valence-corrected chi connectivity index (χ3v) is 4.57. The van der Waals surface area contributed by atoms with E-state index in [2.05, 4.69) is 10.1 Å². The number of hydrogen-bond donors (Lipinski definition) is 1. The molecule has 2 rings (SSSR count). The second-order valence-electron chi connectivity index (χ2n) is 5.45. The van der Waals surface area contributed by atoms with Crippen molar-refractivity contribution in [3.05, 3.63) is 40.8 Å². The highest BCUT2D eigenvalue weighted by molar-refractivity contribution is 7.14. The van der Waals surface area contributed by atoms with E-state index in [9.17, 15) is 14.4 Å². The molecule has 1 heterocycles. The van der Waals surface area contributed by atoms with E-state index in [1.807, 2.05) is 0 Å². The Morgan fingerprint density at radius 1 is 1.11 bits per heavy atom. The molecule has 0 unspecified atom stereocenters. The van der Waals surface area contributed by atoms with Gasteiger partial charge in [0.15, 0.2) is 0 Å². The number of amides is 2. The van der Waals surface area contributed by atoms with Crippen LogP contribution in [-0.4, -0.2) is 51.1 Å². The summed E-state index contributed by atoms with van der Waals surface area (Å²) >= 11 is 1.13. The smallest absolute Gasteiger partial charge is 0.340 e. The zero-order valence-electron chi connectivity index (χ0n) is 15.4. The summed E-state index contributed by atoms with van der Waals surface area (Å²) in [6, 6.07) is 6.71. The molecule has 0 aliphatic heterocycles. The minimum atomic E-state index is -0.849. The fourth-order valence-corrected chi connectivity index (χ4v) is 3.09. The van der Waals surface area contributed by atoms with Crippen LogP contribution in [0.4, 0.5) is 5.00 Å². The molecule has 0 spiro atoms. The summed E-state index contributed by atoms with van der Waals surface area (Å²) in [6.45, 7) is 0.160. The van der Waals surface area contributed by atoms with Gasteiger partial charge >= 0.3 is 17.8 Å². The number of likely N-dealkylation sites (N-methyl/N-ethyl adjacent to an activating group) is 1. The quantitative estimate of drug-likeness (QED) is 0.598. The summed E-state index contributed by atoms with van der Waals surface area (Å²) in [5.74, 6) is -1.03. The molecule has 0 saturated heterocycles. The number of rotatable bonds is 6. The fourth-order valence-electron chi connectivity index (χ4n) is 2.32. The highest BCUT2D eigenvalue weighted by Crippen LogP contribution is 2.26. The van der Waals surface area contributed by atoms with Crippen molar-refractivity contribution in [2.24, 2.45) is 0 Å². The Kier molecular flexibility index (Phi) is 6.78. The maximum atomic E-state index is 12.4. The molecule has 8 nitrogen and oxygen atoms in total. The standard InChI is InChI=1S/C18H20N2O6S/c1-20(10-11-5-6-12(24-2)9-14(11)25-3)17(22)15(21)19-16-13(7-8-27-16)18(23)26-4/h5-9H,10H2,1-4H3,(H,19,21). The number of esters is 1. The number of carbonyl (C=O) groups is 3. The van der Waals surface area contributed by atoms with Crippen LogP contribution >= 0.6 is 11.3 Å². The number of nitrogens with zero attached hydrogens (tertiary/aromatic N) is 1. The first-order chi connectivity index (χ1) is 12.9. The van der Waals surface area contributed by atoms with Gasteiger partial charge < -0.3 is 24.4 Å². The van der Waals surface area contributed by atoms with E-state index in [1.165, 1.54) is 32.2 Å². The van der Waals surface area contributed by atoms with E-state index >= 15 is 0 Å². The summed E-state index contributed by atoms with van der Waals surface area (Å²) in [7, 11) is 5.80. The molecule has 0 atom stereocenters. The Morgan fingerprint density at radius 3 is 2.48 bits per heavy atom. The predicted octanol–water partition coefficient (Wildman–Crippen LogP) is 2.15. The topological polar surface area (TPSA) is 94.2 Å². The van der Waals surface area contributed by atoms with Crippen LogP contribution in [0.3, 0.4) is 0 Å². The minimum Gasteiger partial charge on any atom is -0.497 e. The van der Waals surface area contributed by atoms with Crippen molar-refractivity contribution in [2.75, 3.05) is 33.7 Å². The van der Waals surface area contributed by atoms with Gasteiger partial charge in [0.2, 0.25) is 0 Å². The number of benzene rings is 1. The summed E-state index contributed by atoms with van der Waals surface area (Å²) in [4.78, 5) is 37.6. The second kappa shape index (κ2) is 9.04. The molecule has 2 aromatic rings. The molecule has 0 fully saturated rings. The number of ether oxygens (including phenoxy) is 3. The third-order valence-electron chi connectivity index (χ3n) is 3.74. The van der Waals surface area contributed by atoms with E-state index in [-0.39, 0.29) is 17.1 Å². The molecule has 1 aromatic carbocycles. The Morgan fingerprint density at radius 2 is 1.85 bits per heavy atom. The lowest BCUT2D eigenvalue weighted by Crippen LogP contribution is -2.36.